The minimum Gasteiger partial charge on any atom is -0.378 e. The van der Waals surface area contributed by atoms with Crippen molar-refractivity contribution in [2.45, 2.75) is 26.8 Å². The van der Waals surface area contributed by atoms with Crippen molar-refractivity contribution >= 4 is 34.9 Å². The minimum atomic E-state index is 0.495. The van der Waals surface area contributed by atoms with Gasteiger partial charge in [-0.1, -0.05) is 19.9 Å². The summed E-state index contributed by atoms with van der Waals surface area (Å²) in [5.74, 6) is 3.67. The number of ether oxygens (including phenoxy) is 1. The van der Waals surface area contributed by atoms with Crippen molar-refractivity contribution in [3.8, 4) is 0 Å². The van der Waals surface area contributed by atoms with Gasteiger partial charge >= 0.3 is 0 Å². The number of nitrogens with zero attached hydrogens (tertiary/aromatic N) is 5. The summed E-state index contributed by atoms with van der Waals surface area (Å²) in [6, 6.07) is 6.03. The van der Waals surface area contributed by atoms with Crippen molar-refractivity contribution in [3.63, 3.8) is 0 Å². The Labute approximate surface area is 189 Å². The second kappa shape index (κ2) is 10.2. The first kappa shape index (κ1) is 21.7. The molecule has 0 aromatic carbocycles. The smallest absolute Gasteiger partial charge is 0.232 e. The van der Waals surface area contributed by atoms with E-state index >= 15 is 0 Å². The first-order valence-electron chi connectivity index (χ1n) is 11.0. The second-order valence-electron chi connectivity index (χ2n) is 8.53. The zero-order chi connectivity index (χ0) is 21.6. The molecule has 2 aromatic heterocycles. The second-order valence-corrected chi connectivity index (χ2v) is 8.94. The normalized spacial score (nSPS) is 21.6. The summed E-state index contributed by atoms with van der Waals surface area (Å²) >= 11 is 5.50. The van der Waals surface area contributed by atoms with E-state index in [1.807, 2.05) is 18.3 Å². The number of anilines is 3. The summed E-state index contributed by atoms with van der Waals surface area (Å²) in [5, 5.41) is 6.89. The molecule has 2 atom stereocenters. The number of piperidine rings is 1. The molecule has 166 valence electrons. The highest BCUT2D eigenvalue weighted by atomic mass is 32.1. The van der Waals surface area contributed by atoms with Crippen LogP contribution in [-0.2, 0) is 11.3 Å². The van der Waals surface area contributed by atoms with Gasteiger partial charge in [0.25, 0.3) is 0 Å². The number of hydrogen-bond donors (Lipinski definition) is 2. The third-order valence-corrected chi connectivity index (χ3v) is 5.87. The van der Waals surface area contributed by atoms with Crippen molar-refractivity contribution in [1.29, 1.82) is 0 Å². The number of thiocarbonyl (C=S) groups is 1. The van der Waals surface area contributed by atoms with Crippen LogP contribution < -0.4 is 20.4 Å². The van der Waals surface area contributed by atoms with Gasteiger partial charge in [-0.25, -0.2) is 0 Å². The molecule has 31 heavy (non-hydrogen) atoms. The van der Waals surface area contributed by atoms with Gasteiger partial charge < -0.3 is 25.2 Å². The number of hydrogen-bond acceptors (Lipinski definition) is 7. The van der Waals surface area contributed by atoms with Crippen LogP contribution in [-0.4, -0.2) is 59.5 Å². The van der Waals surface area contributed by atoms with E-state index < -0.39 is 0 Å². The molecule has 2 N–H and O–H groups in total. The molecule has 2 aliphatic rings. The molecule has 9 heteroatoms. The van der Waals surface area contributed by atoms with E-state index in [0.29, 0.717) is 42.7 Å². The van der Waals surface area contributed by atoms with Gasteiger partial charge in [0.15, 0.2) is 5.11 Å². The monoisotopic (exact) mass is 441 g/mol. The van der Waals surface area contributed by atoms with E-state index in [-0.39, 0.29) is 0 Å². The van der Waals surface area contributed by atoms with Crippen LogP contribution in [0, 0.1) is 11.8 Å². The molecule has 4 heterocycles. The molecule has 4 rings (SSSR count). The molecule has 0 radical (unpaired) electrons. The fourth-order valence-corrected chi connectivity index (χ4v) is 4.44. The van der Waals surface area contributed by atoms with E-state index in [1.54, 1.807) is 6.20 Å². The Morgan fingerprint density at radius 1 is 1.13 bits per heavy atom. The highest BCUT2D eigenvalue weighted by Crippen LogP contribution is 2.28. The summed E-state index contributed by atoms with van der Waals surface area (Å²) in [4.78, 5) is 18.4. The molecular weight excluding hydrogens is 410 g/mol. The molecule has 0 spiro atoms. The topological polar surface area (TPSA) is 78.4 Å². The third-order valence-electron chi connectivity index (χ3n) is 5.63. The molecule has 8 nitrogen and oxygen atoms in total. The standard InChI is InChI=1S/C22H31N7OS/c1-16-10-17(2)15-29(14-16)20-11-19(28-6-8-30-9-7-28)25-21(26-20)27-22(31)24-13-18-4-3-5-23-12-18/h3-5,11-12,16-17H,6-10,13-15H2,1-2H3,(H2,24,25,26,27,31). The Morgan fingerprint density at radius 2 is 1.84 bits per heavy atom. The van der Waals surface area contributed by atoms with Gasteiger partial charge in [-0.15, -0.1) is 0 Å². The maximum atomic E-state index is 5.52. The zero-order valence-electron chi connectivity index (χ0n) is 18.3. The molecule has 0 aliphatic carbocycles. The Bertz CT molecular complexity index is 865. The lowest BCUT2D eigenvalue weighted by molar-refractivity contribution is 0.122. The van der Waals surface area contributed by atoms with E-state index in [1.165, 1.54) is 6.42 Å². The summed E-state index contributed by atoms with van der Waals surface area (Å²) in [6.45, 7) is 10.3. The number of nitrogens with one attached hydrogen (secondary N) is 2. The van der Waals surface area contributed by atoms with Crippen molar-refractivity contribution in [1.82, 2.24) is 20.3 Å². The fraction of sp³-hybridized carbons (Fsp3) is 0.545. The van der Waals surface area contributed by atoms with Crippen LogP contribution in [0.2, 0.25) is 0 Å². The molecule has 2 aromatic rings. The third kappa shape index (κ3) is 6.01. The van der Waals surface area contributed by atoms with E-state index in [4.69, 9.17) is 26.9 Å². The highest BCUT2D eigenvalue weighted by Gasteiger charge is 2.25. The highest BCUT2D eigenvalue weighted by molar-refractivity contribution is 7.80. The van der Waals surface area contributed by atoms with Crippen LogP contribution in [0.15, 0.2) is 30.6 Å². The van der Waals surface area contributed by atoms with Crippen molar-refractivity contribution in [2.24, 2.45) is 11.8 Å². The molecule has 2 unspecified atom stereocenters. The van der Waals surface area contributed by atoms with Crippen molar-refractivity contribution < 1.29 is 4.74 Å². The summed E-state index contributed by atoms with van der Waals surface area (Å²) in [5.41, 5.74) is 1.06. The SMILES string of the molecule is CC1CC(C)CN(c2cc(N3CCOCC3)nc(NC(=S)NCc3cccnc3)n2)C1. The van der Waals surface area contributed by atoms with Crippen LogP contribution in [0.4, 0.5) is 17.6 Å². The van der Waals surface area contributed by atoms with Gasteiger partial charge in [-0.3, -0.25) is 4.98 Å². The molecule has 2 fully saturated rings. The molecule has 2 saturated heterocycles. The average Bonchev–Trinajstić information content (AvgIpc) is 2.78. The first-order chi connectivity index (χ1) is 15.1. The minimum absolute atomic E-state index is 0.495. The summed E-state index contributed by atoms with van der Waals surface area (Å²) < 4.78 is 5.52. The average molecular weight is 442 g/mol. The predicted molar refractivity (Wildman–Crippen MR) is 128 cm³/mol. The molecule has 0 amide bonds. The zero-order valence-corrected chi connectivity index (χ0v) is 19.1. The molecule has 0 bridgehead atoms. The predicted octanol–water partition coefficient (Wildman–Crippen LogP) is 2.68. The van der Waals surface area contributed by atoms with E-state index in [2.05, 4.69) is 45.3 Å². The van der Waals surface area contributed by atoms with Crippen LogP contribution in [0.1, 0.15) is 25.8 Å². The van der Waals surface area contributed by atoms with Crippen LogP contribution in [0.3, 0.4) is 0 Å². The number of morpholine rings is 1. The number of pyridine rings is 1. The Hall–Kier alpha value is -2.52. The van der Waals surface area contributed by atoms with Crippen LogP contribution >= 0.6 is 12.2 Å². The van der Waals surface area contributed by atoms with E-state index in [9.17, 15) is 0 Å². The van der Waals surface area contributed by atoms with Crippen LogP contribution in [0.25, 0.3) is 0 Å². The van der Waals surface area contributed by atoms with Gasteiger partial charge in [-0.2, -0.15) is 9.97 Å². The number of rotatable bonds is 5. The Morgan fingerprint density at radius 3 is 2.52 bits per heavy atom. The maximum Gasteiger partial charge on any atom is 0.232 e. The summed E-state index contributed by atoms with van der Waals surface area (Å²) in [7, 11) is 0. The maximum absolute atomic E-state index is 5.52. The van der Waals surface area contributed by atoms with Gasteiger partial charge in [0.2, 0.25) is 5.95 Å². The Kier molecular flexibility index (Phi) is 7.14. The molecule has 2 aliphatic heterocycles. The largest absolute Gasteiger partial charge is 0.378 e. The van der Waals surface area contributed by atoms with Crippen molar-refractivity contribution in [2.75, 3.05) is 54.5 Å². The van der Waals surface area contributed by atoms with Crippen molar-refractivity contribution in [3.05, 3.63) is 36.2 Å². The Balaban J connectivity index is 1.51. The van der Waals surface area contributed by atoms with Gasteiger partial charge in [0.05, 0.1) is 13.2 Å². The molecular formula is C22H31N7OS. The lowest BCUT2D eigenvalue weighted by atomic mass is 9.92. The lowest BCUT2D eigenvalue weighted by Gasteiger charge is -2.36. The number of aromatic nitrogens is 3. The van der Waals surface area contributed by atoms with E-state index in [0.717, 1.165) is 43.4 Å². The fourth-order valence-electron chi connectivity index (χ4n) is 4.28. The van der Waals surface area contributed by atoms with Gasteiger partial charge in [0, 0.05) is 51.2 Å². The lowest BCUT2D eigenvalue weighted by Crippen LogP contribution is -2.40. The first-order valence-corrected chi connectivity index (χ1v) is 11.4. The van der Waals surface area contributed by atoms with Crippen LogP contribution in [0.5, 0.6) is 0 Å². The molecule has 0 saturated carbocycles. The van der Waals surface area contributed by atoms with Gasteiger partial charge in [0.1, 0.15) is 11.6 Å². The quantitative estimate of drug-likeness (QED) is 0.681. The summed E-state index contributed by atoms with van der Waals surface area (Å²) in [6.07, 6.45) is 4.84. The van der Waals surface area contributed by atoms with Gasteiger partial charge in [-0.05, 0) is 42.1 Å².